The molecule has 84 valence electrons. The van der Waals surface area contributed by atoms with Gasteiger partial charge in [-0.2, -0.15) is 0 Å². The molecular weight excluding hydrogens is 268 g/mol. The molecule has 0 bridgehead atoms. The molecule has 1 unspecified atom stereocenters. The van der Waals surface area contributed by atoms with E-state index >= 15 is 0 Å². The third kappa shape index (κ3) is 1.58. The van der Waals surface area contributed by atoms with E-state index < -0.39 is 0 Å². The zero-order valence-corrected chi connectivity index (χ0v) is 10.5. The third-order valence-corrected chi connectivity index (χ3v) is 4.02. The smallest absolute Gasteiger partial charge is 0.173 e. The molecule has 2 atom stereocenters. The number of carbonyl (C=O) groups excluding carboxylic acids is 1. The summed E-state index contributed by atoms with van der Waals surface area (Å²) in [5, 5.41) is 0. The van der Waals surface area contributed by atoms with Gasteiger partial charge in [0.05, 0.1) is 11.5 Å². The van der Waals surface area contributed by atoms with E-state index in [1.807, 2.05) is 18.2 Å². The number of ketones is 1. The molecule has 1 aliphatic carbocycles. The Morgan fingerprint density at radius 2 is 2.06 bits per heavy atom. The topological polar surface area (TPSA) is 26.3 Å². The van der Waals surface area contributed by atoms with Crippen molar-refractivity contribution in [1.29, 1.82) is 0 Å². The summed E-state index contributed by atoms with van der Waals surface area (Å²) in [4.78, 5) is 12.3. The minimum atomic E-state index is 0.0931. The second-order valence-electron chi connectivity index (χ2n) is 4.55. The number of rotatable bonds is 0. The average Bonchev–Trinajstić information content (AvgIpc) is 2.31. The van der Waals surface area contributed by atoms with Gasteiger partial charge in [-0.25, -0.2) is 0 Å². The molecule has 16 heavy (non-hydrogen) atoms. The van der Waals surface area contributed by atoms with Gasteiger partial charge in [0.15, 0.2) is 5.78 Å². The summed E-state index contributed by atoms with van der Waals surface area (Å²) >= 11 is 3.40. The van der Waals surface area contributed by atoms with E-state index in [0.717, 1.165) is 35.0 Å². The van der Waals surface area contributed by atoms with Crippen LogP contribution in [0.25, 0.3) is 0 Å². The van der Waals surface area contributed by atoms with Crippen LogP contribution in [0.15, 0.2) is 22.7 Å². The Hall–Kier alpha value is -0.830. The van der Waals surface area contributed by atoms with Crippen molar-refractivity contribution in [2.24, 2.45) is 5.92 Å². The highest BCUT2D eigenvalue weighted by Crippen LogP contribution is 2.38. The van der Waals surface area contributed by atoms with Gasteiger partial charge in [0, 0.05) is 4.47 Å². The van der Waals surface area contributed by atoms with Gasteiger partial charge >= 0.3 is 0 Å². The van der Waals surface area contributed by atoms with Gasteiger partial charge < -0.3 is 4.74 Å². The highest BCUT2D eigenvalue weighted by Gasteiger charge is 2.38. The van der Waals surface area contributed by atoms with E-state index in [4.69, 9.17) is 4.74 Å². The fourth-order valence-electron chi connectivity index (χ4n) is 2.70. The molecule has 0 aromatic heterocycles. The molecular formula is C13H13BrO2. The van der Waals surface area contributed by atoms with Crippen LogP contribution in [0.1, 0.15) is 36.0 Å². The molecule has 0 saturated heterocycles. The van der Waals surface area contributed by atoms with Gasteiger partial charge in [-0.15, -0.1) is 0 Å². The maximum Gasteiger partial charge on any atom is 0.173 e. The van der Waals surface area contributed by atoms with Gasteiger partial charge in [0.1, 0.15) is 11.9 Å². The molecule has 1 aromatic rings. The van der Waals surface area contributed by atoms with Crippen LogP contribution in [0.3, 0.4) is 0 Å². The summed E-state index contributed by atoms with van der Waals surface area (Å²) in [5.74, 6) is 1.12. The summed E-state index contributed by atoms with van der Waals surface area (Å²) in [6, 6.07) is 5.69. The van der Waals surface area contributed by atoms with Crippen LogP contribution in [0.4, 0.5) is 0 Å². The van der Waals surface area contributed by atoms with E-state index in [2.05, 4.69) is 15.9 Å². The van der Waals surface area contributed by atoms with Crippen LogP contribution in [0.2, 0.25) is 0 Å². The first-order valence-electron chi connectivity index (χ1n) is 5.76. The Morgan fingerprint density at radius 3 is 2.94 bits per heavy atom. The number of hydrogen-bond donors (Lipinski definition) is 0. The van der Waals surface area contributed by atoms with E-state index in [9.17, 15) is 4.79 Å². The summed E-state index contributed by atoms with van der Waals surface area (Å²) in [7, 11) is 0. The number of benzene rings is 1. The molecule has 2 aliphatic rings. The molecule has 3 heteroatoms. The molecule has 1 saturated carbocycles. The Kier molecular flexibility index (Phi) is 2.51. The maximum absolute atomic E-state index is 12.3. The van der Waals surface area contributed by atoms with Crippen LogP contribution >= 0.6 is 15.9 Å². The number of fused-ring (bicyclic) bond motifs is 2. The van der Waals surface area contributed by atoms with Crippen LogP contribution < -0.4 is 4.74 Å². The second kappa shape index (κ2) is 3.88. The summed E-state index contributed by atoms with van der Waals surface area (Å²) in [5.41, 5.74) is 0.748. The fourth-order valence-corrected chi connectivity index (χ4v) is 3.06. The zero-order valence-electron chi connectivity index (χ0n) is 8.91. The van der Waals surface area contributed by atoms with Crippen molar-refractivity contribution in [2.45, 2.75) is 31.8 Å². The van der Waals surface area contributed by atoms with Crippen molar-refractivity contribution >= 4 is 21.7 Å². The largest absolute Gasteiger partial charge is 0.489 e. The summed E-state index contributed by atoms with van der Waals surface area (Å²) in [6.45, 7) is 0. The van der Waals surface area contributed by atoms with Crippen LogP contribution in [-0.4, -0.2) is 11.9 Å². The number of hydrogen-bond acceptors (Lipinski definition) is 2. The maximum atomic E-state index is 12.3. The van der Waals surface area contributed by atoms with Crippen molar-refractivity contribution < 1.29 is 9.53 Å². The molecule has 0 radical (unpaired) electrons. The standard InChI is InChI=1S/C13H13BrO2/c14-8-5-6-12-10(7-8)13(15)9-3-1-2-4-11(9)16-12/h5-7,9,11H,1-4H2/t9-,11?/m0/s1. The molecule has 3 rings (SSSR count). The van der Waals surface area contributed by atoms with Gasteiger partial charge in [0.2, 0.25) is 0 Å². The Morgan fingerprint density at radius 1 is 1.25 bits per heavy atom. The highest BCUT2D eigenvalue weighted by atomic mass is 79.9. The molecule has 1 heterocycles. The fraction of sp³-hybridized carbons (Fsp3) is 0.462. The monoisotopic (exact) mass is 280 g/mol. The molecule has 0 amide bonds. The van der Waals surface area contributed by atoms with Crippen LogP contribution in [0, 0.1) is 5.92 Å². The van der Waals surface area contributed by atoms with Crippen molar-refractivity contribution in [1.82, 2.24) is 0 Å². The average molecular weight is 281 g/mol. The van der Waals surface area contributed by atoms with Gasteiger partial charge in [-0.05, 0) is 37.5 Å². The lowest BCUT2D eigenvalue weighted by Crippen LogP contribution is -2.39. The van der Waals surface area contributed by atoms with E-state index in [1.54, 1.807) is 0 Å². The predicted molar refractivity (Wildman–Crippen MR) is 64.8 cm³/mol. The molecule has 1 aromatic carbocycles. The molecule has 0 spiro atoms. The van der Waals surface area contributed by atoms with E-state index in [0.29, 0.717) is 0 Å². The van der Waals surface area contributed by atoms with Crippen molar-refractivity contribution in [3.8, 4) is 5.75 Å². The number of carbonyl (C=O) groups is 1. The minimum Gasteiger partial charge on any atom is -0.489 e. The molecule has 1 aliphatic heterocycles. The number of ether oxygens (including phenoxy) is 1. The van der Waals surface area contributed by atoms with E-state index in [-0.39, 0.29) is 17.8 Å². The second-order valence-corrected chi connectivity index (χ2v) is 5.47. The molecule has 2 nitrogen and oxygen atoms in total. The first-order valence-corrected chi connectivity index (χ1v) is 6.55. The number of halogens is 1. The highest BCUT2D eigenvalue weighted by molar-refractivity contribution is 9.10. The first kappa shape index (κ1) is 10.3. The Balaban J connectivity index is 2.03. The quantitative estimate of drug-likeness (QED) is 0.726. The van der Waals surface area contributed by atoms with Crippen molar-refractivity contribution in [3.05, 3.63) is 28.2 Å². The van der Waals surface area contributed by atoms with Crippen LogP contribution in [0.5, 0.6) is 5.75 Å². The Bertz CT molecular complexity index is 442. The minimum absolute atomic E-state index is 0.0931. The third-order valence-electron chi connectivity index (χ3n) is 3.52. The van der Waals surface area contributed by atoms with Crippen molar-refractivity contribution in [3.63, 3.8) is 0 Å². The number of Topliss-reactive ketones (excluding diaryl/α,β-unsaturated/α-hetero) is 1. The Labute approximate surface area is 103 Å². The summed E-state index contributed by atoms with van der Waals surface area (Å²) in [6.07, 6.45) is 4.45. The van der Waals surface area contributed by atoms with Crippen molar-refractivity contribution in [2.75, 3.05) is 0 Å². The normalized spacial score (nSPS) is 27.9. The predicted octanol–water partition coefficient (Wildman–Crippen LogP) is 3.58. The first-order chi connectivity index (χ1) is 7.75. The van der Waals surface area contributed by atoms with Gasteiger partial charge in [-0.1, -0.05) is 22.4 Å². The SMILES string of the molecule is O=C1c2cc(Br)ccc2OC2CCCC[C@H]12. The van der Waals surface area contributed by atoms with Gasteiger partial charge in [-0.3, -0.25) is 4.79 Å². The molecule has 0 N–H and O–H groups in total. The van der Waals surface area contributed by atoms with E-state index in [1.165, 1.54) is 6.42 Å². The lowest BCUT2D eigenvalue weighted by atomic mass is 9.79. The molecule has 1 fully saturated rings. The lowest BCUT2D eigenvalue weighted by Gasteiger charge is -2.35. The lowest BCUT2D eigenvalue weighted by molar-refractivity contribution is 0.0524. The van der Waals surface area contributed by atoms with Gasteiger partial charge in [0.25, 0.3) is 0 Å². The van der Waals surface area contributed by atoms with Crippen LogP contribution in [-0.2, 0) is 0 Å². The zero-order chi connectivity index (χ0) is 11.1. The summed E-state index contributed by atoms with van der Waals surface area (Å²) < 4.78 is 6.86.